The molecule has 7 heteroatoms. The van der Waals surface area contributed by atoms with Crippen molar-refractivity contribution in [3.63, 3.8) is 0 Å². The number of rotatable bonds is 7. The highest BCUT2D eigenvalue weighted by molar-refractivity contribution is 6.30. The van der Waals surface area contributed by atoms with Gasteiger partial charge in [-0.1, -0.05) is 29.8 Å². The Morgan fingerprint density at radius 3 is 2.68 bits per heavy atom. The van der Waals surface area contributed by atoms with Gasteiger partial charge in [-0.25, -0.2) is 9.97 Å². The summed E-state index contributed by atoms with van der Waals surface area (Å²) < 4.78 is 5.14. The van der Waals surface area contributed by atoms with Gasteiger partial charge >= 0.3 is 0 Å². The summed E-state index contributed by atoms with van der Waals surface area (Å²) in [6.45, 7) is 2.46. The molecule has 0 spiro atoms. The zero-order valence-electron chi connectivity index (χ0n) is 15.7. The Balaban J connectivity index is 1.59. The molecule has 3 rings (SSSR count). The zero-order chi connectivity index (χ0) is 19.9. The second-order valence-corrected chi connectivity index (χ2v) is 6.64. The molecule has 28 heavy (non-hydrogen) atoms. The highest BCUT2D eigenvalue weighted by Crippen LogP contribution is 2.22. The molecule has 0 radical (unpaired) electrons. The number of amides is 1. The molecule has 0 saturated heterocycles. The van der Waals surface area contributed by atoms with Crippen molar-refractivity contribution in [1.29, 1.82) is 0 Å². The fourth-order valence-corrected chi connectivity index (χ4v) is 2.77. The van der Waals surface area contributed by atoms with Gasteiger partial charge in [-0.3, -0.25) is 4.79 Å². The summed E-state index contributed by atoms with van der Waals surface area (Å²) in [5.41, 5.74) is 3.21. The topological polar surface area (TPSA) is 76.1 Å². The van der Waals surface area contributed by atoms with Crippen molar-refractivity contribution < 1.29 is 9.53 Å². The van der Waals surface area contributed by atoms with Crippen molar-refractivity contribution in [2.24, 2.45) is 0 Å². The lowest BCUT2D eigenvalue weighted by atomic mass is 10.1. The maximum Gasteiger partial charge on any atom is 0.270 e. The van der Waals surface area contributed by atoms with Gasteiger partial charge in [0.15, 0.2) is 0 Å². The van der Waals surface area contributed by atoms with Gasteiger partial charge in [-0.15, -0.1) is 0 Å². The Bertz CT molecular complexity index is 961. The molecule has 0 aliphatic carbocycles. The molecule has 1 amide bonds. The quantitative estimate of drug-likeness (QED) is 0.627. The van der Waals surface area contributed by atoms with Crippen molar-refractivity contribution in [3.05, 3.63) is 76.6 Å². The summed E-state index contributed by atoms with van der Waals surface area (Å²) in [6.07, 6.45) is 2.27. The van der Waals surface area contributed by atoms with Gasteiger partial charge in [0.05, 0.1) is 7.11 Å². The fraction of sp³-hybridized carbons (Fsp3) is 0.190. The molecular weight excluding hydrogens is 376 g/mol. The second kappa shape index (κ2) is 9.19. The number of nitrogens with zero attached hydrogens (tertiary/aromatic N) is 2. The number of nitrogens with one attached hydrogen (secondary N) is 2. The average molecular weight is 397 g/mol. The number of ether oxygens (including phenoxy) is 1. The summed E-state index contributed by atoms with van der Waals surface area (Å²) in [5, 5.41) is 6.59. The maximum atomic E-state index is 12.4. The monoisotopic (exact) mass is 396 g/mol. The highest BCUT2D eigenvalue weighted by atomic mass is 35.5. The predicted molar refractivity (Wildman–Crippen MR) is 111 cm³/mol. The molecule has 0 aliphatic heterocycles. The minimum atomic E-state index is -0.248. The molecule has 2 N–H and O–H groups in total. The van der Waals surface area contributed by atoms with E-state index in [4.69, 9.17) is 16.3 Å². The number of methoxy groups -OCH3 is 1. The first kappa shape index (κ1) is 19.6. The van der Waals surface area contributed by atoms with Crippen LogP contribution in [0.3, 0.4) is 0 Å². The summed E-state index contributed by atoms with van der Waals surface area (Å²) in [6, 6.07) is 14.8. The minimum Gasteiger partial charge on any atom is -0.497 e. The Labute approximate surface area is 168 Å². The van der Waals surface area contributed by atoms with Crippen molar-refractivity contribution >= 4 is 29.1 Å². The second-order valence-electron chi connectivity index (χ2n) is 6.20. The first-order valence-corrected chi connectivity index (χ1v) is 9.20. The number of hydrogen-bond donors (Lipinski definition) is 2. The number of halogens is 1. The van der Waals surface area contributed by atoms with Crippen molar-refractivity contribution in [2.45, 2.75) is 13.3 Å². The van der Waals surface area contributed by atoms with Crippen LogP contribution in [0.25, 0.3) is 0 Å². The first-order chi connectivity index (χ1) is 13.5. The maximum absolute atomic E-state index is 12.4. The summed E-state index contributed by atoms with van der Waals surface area (Å²) in [4.78, 5) is 20.9. The molecule has 0 saturated carbocycles. The van der Waals surface area contributed by atoms with E-state index in [1.807, 2.05) is 43.3 Å². The lowest BCUT2D eigenvalue weighted by Gasteiger charge is -2.10. The van der Waals surface area contributed by atoms with E-state index in [2.05, 4.69) is 20.6 Å². The molecule has 1 heterocycles. The Morgan fingerprint density at radius 1 is 1.14 bits per heavy atom. The van der Waals surface area contributed by atoms with E-state index in [0.717, 1.165) is 22.6 Å². The molecular formula is C21H21ClN4O2. The van der Waals surface area contributed by atoms with Gasteiger partial charge in [0, 0.05) is 23.5 Å². The standard InChI is InChI=1S/C21H21ClN4O2/c1-14-3-6-16(22)13-19(14)26-21-24-12-10-18(25-21)20(27)23-11-9-15-4-7-17(28-2)8-5-15/h3-8,10,12-13H,9,11H2,1-2H3,(H,23,27)(H,24,25,26). The number of benzene rings is 2. The van der Waals surface area contributed by atoms with E-state index in [1.165, 1.54) is 0 Å². The molecule has 0 bridgehead atoms. The first-order valence-electron chi connectivity index (χ1n) is 8.82. The Morgan fingerprint density at radius 2 is 1.93 bits per heavy atom. The largest absolute Gasteiger partial charge is 0.497 e. The molecule has 1 aromatic heterocycles. The van der Waals surface area contributed by atoms with Crippen LogP contribution in [0.5, 0.6) is 5.75 Å². The van der Waals surface area contributed by atoms with Crippen LogP contribution in [-0.2, 0) is 6.42 Å². The molecule has 0 aliphatic rings. The number of aryl methyl sites for hydroxylation is 1. The third kappa shape index (κ3) is 5.20. The summed E-state index contributed by atoms with van der Waals surface area (Å²) in [7, 11) is 1.63. The lowest BCUT2D eigenvalue weighted by Crippen LogP contribution is -2.26. The van der Waals surface area contributed by atoms with Gasteiger partial charge in [-0.05, 0) is 54.8 Å². The predicted octanol–water partition coefficient (Wildman–Crippen LogP) is 4.16. The Kier molecular flexibility index (Phi) is 6.45. The molecule has 144 valence electrons. The average Bonchev–Trinajstić information content (AvgIpc) is 2.71. The summed E-state index contributed by atoms with van der Waals surface area (Å²) in [5.74, 6) is 0.902. The van der Waals surface area contributed by atoms with Gasteiger partial charge in [0.1, 0.15) is 11.4 Å². The number of carbonyl (C=O) groups is 1. The minimum absolute atomic E-state index is 0.248. The van der Waals surface area contributed by atoms with E-state index in [1.54, 1.807) is 25.4 Å². The van der Waals surface area contributed by atoms with Gasteiger partial charge in [0.2, 0.25) is 5.95 Å². The van der Waals surface area contributed by atoms with Crippen LogP contribution in [-0.4, -0.2) is 29.5 Å². The normalized spacial score (nSPS) is 10.4. The molecule has 6 nitrogen and oxygen atoms in total. The van der Waals surface area contributed by atoms with E-state index in [9.17, 15) is 4.79 Å². The van der Waals surface area contributed by atoms with E-state index in [0.29, 0.717) is 29.6 Å². The van der Waals surface area contributed by atoms with E-state index < -0.39 is 0 Å². The van der Waals surface area contributed by atoms with E-state index >= 15 is 0 Å². The van der Waals surface area contributed by atoms with Crippen molar-refractivity contribution in [1.82, 2.24) is 15.3 Å². The number of hydrogen-bond acceptors (Lipinski definition) is 5. The van der Waals surface area contributed by atoms with Crippen LogP contribution < -0.4 is 15.4 Å². The van der Waals surface area contributed by atoms with Crippen molar-refractivity contribution in [3.8, 4) is 5.75 Å². The van der Waals surface area contributed by atoms with Crippen LogP contribution in [0.4, 0.5) is 11.6 Å². The van der Waals surface area contributed by atoms with Gasteiger partial charge in [0.25, 0.3) is 5.91 Å². The van der Waals surface area contributed by atoms with Crippen LogP contribution in [0.15, 0.2) is 54.7 Å². The molecule has 0 atom stereocenters. The molecule has 0 unspecified atom stereocenters. The van der Waals surface area contributed by atoms with Crippen molar-refractivity contribution in [2.75, 3.05) is 19.0 Å². The van der Waals surface area contributed by atoms with Gasteiger partial charge < -0.3 is 15.4 Å². The highest BCUT2D eigenvalue weighted by Gasteiger charge is 2.09. The number of aromatic nitrogens is 2. The van der Waals surface area contributed by atoms with E-state index in [-0.39, 0.29) is 5.91 Å². The number of carbonyl (C=O) groups excluding carboxylic acids is 1. The van der Waals surface area contributed by atoms with Crippen LogP contribution in [0.2, 0.25) is 5.02 Å². The summed E-state index contributed by atoms with van der Waals surface area (Å²) >= 11 is 6.04. The third-order valence-corrected chi connectivity index (χ3v) is 4.43. The van der Waals surface area contributed by atoms with Crippen LogP contribution in [0, 0.1) is 6.92 Å². The molecule has 0 fully saturated rings. The molecule has 2 aromatic carbocycles. The fourth-order valence-electron chi connectivity index (χ4n) is 2.60. The Hall–Kier alpha value is -3.12. The lowest BCUT2D eigenvalue weighted by molar-refractivity contribution is 0.0949. The van der Waals surface area contributed by atoms with Gasteiger partial charge in [-0.2, -0.15) is 0 Å². The van der Waals surface area contributed by atoms with Crippen LogP contribution >= 0.6 is 11.6 Å². The van der Waals surface area contributed by atoms with Crippen LogP contribution in [0.1, 0.15) is 21.6 Å². The third-order valence-electron chi connectivity index (χ3n) is 4.19. The SMILES string of the molecule is COc1ccc(CCNC(=O)c2ccnc(Nc3cc(Cl)ccc3C)n2)cc1. The number of anilines is 2. The zero-order valence-corrected chi connectivity index (χ0v) is 16.5. The smallest absolute Gasteiger partial charge is 0.270 e. The molecule has 3 aromatic rings.